The number of rotatable bonds is 3. The molecular weight excluding hydrogens is 352 g/mol. The van der Waals surface area contributed by atoms with Gasteiger partial charge in [-0.05, 0) is 44.9 Å². The lowest BCUT2D eigenvalue weighted by Crippen LogP contribution is -2.36. The van der Waals surface area contributed by atoms with Gasteiger partial charge >= 0.3 is 0 Å². The highest BCUT2D eigenvalue weighted by Crippen LogP contribution is 2.22. The number of hydrogen-bond donors (Lipinski definition) is 0. The number of sulfonamides is 1. The third kappa shape index (κ3) is 4.16. The molecule has 0 aliphatic carbocycles. The Balaban J connectivity index is 1.82. The Morgan fingerprint density at radius 2 is 2.08 bits per heavy atom. The van der Waals surface area contributed by atoms with E-state index in [9.17, 15) is 13.2 Å². The van der Waals surface area contributed by atoms with Gasteiger partial charge in [-0.1, -0.05) is 17.7 Å². The van der Waals surface area contributed by atoms with E-state index < -0.39 is 10.0 Å². The van der Waals surface area contributed by atoms with Crippen LogP contribution in [0.5, 0.6) is 0 Å². The molecule has 0 spiro atoms. The van der Waals surface area contributed by atoms with Crippen molar-refractivity contribution in [3.05, 3.63) is 41.5 Å². The van der Waals surface area contributed by atoms with Crippen molar-refractivity contribution in [1.82, 2.24) is 9.21 Å². The van der Waals surface area contributed by atoms with Crippen molar-refractivity contribution in [2.24, 2.45) is 0 Å². The van der Waals surface area contributed by atoms with E-state index in [0.717, 1.165) is 12.8 Å². The lowest BCUT2D eigenvalue weighted by atomic mass is 10.1. The molecule has 0 radical (unpaired) electrons. The first kappa shape index (κ1) is 19.1. The first-order valence-corrected chi connectivity index (χ1v) is 10.5. The van der Waals surface area contributed by atoms with Crippen LogP contribution in [0.3, 0.4) is 0 Å². The summed E-state index contributed by atoms with van der Waals surface area (Å²) in [7, 11) is -3.60. The van der Waals surface area contributed by atoms with E-state index >= 15 is 0 Å². The summed E-state index contributed by atoms with van der Waals surface area (Å²) < 4.78 is 32.9. The highest BCUT2D eigenvalue weighted by atomic mass is 32.2. The minimum atomic E-state index is -3.60. The van der Waals surface area contributed by atoms with Crippen LogP contribution < -0.4 is 0 Å². The number of nitrogens with zero attached hydrogens (tertiary/aromatic N) is 2. The number of carbonyl (C=O) groups excluding carboxylic acids is 1. The van der Waals surface area contributed by atoms with Crippen LogP contribution >= 0.6 is 0 Å². The topological polar surface area (TPSA) is 66.9 Å². The van der Waals surface area contributed by atoms with E-state index in [-0.39, 0.29) is 16.9 Å². The molecule has 2 aliphatic rings. The van der Waals surface area contributed by atoms with Crippen LogP contribution in [-0.4, -0.2) is 62.4 Å². The Hall–Kier alpha value is -1.70. The zero-order chi connectivity index (χ0) is 18.7. The molecule has 2 aliphatic heterocycles. The van der Waals surface area contributed by atoms with Gasteiger partial charge in [-0.15, -0.1) is 0 Å². The molecule has 0 N–H and O–H groups in total. The van der Waals surface area contributed by atoms with Crippen molar-refractivity contribution < 1.29 is 17.9 Å². The Bertz CT molecular complexity index is 804. The van der Waals surface area contributed by atoms with Gasteiger partial charge in [-0.25, -0.2) is 8.42 Å². The quantitative estimate of drug-likeness (QED) is 0.757. The molecule has 26 heavy (non-hydrogen) atoms. The van der Waals surface area contributed by atoms with Gasteiger partial charge in [0.05, 0.1) is 11.0 Å². The number of amides is 1. The number of ether oxygens (including phenoxy) is 1. The van der Waals surface area contributed by atoms with E-state index in [2.05, 4.69) is 0 Å². The van der Waals surface area contributed by atoms with Crippen LogP contribution in [0.4, 0.5) is 0 Å². The third-order valence-electron chi connectivity index (χ3n) is 4.86. The van der Waals surface area contributed by atoms with E-state index in [1.54, 1.807) is 23.1 Å². The normalized spacial score (nSPS) is 22.6. The maximum Gasteiger partial charge on any atom is 0.253 e. The second-order valence-electron chi connectivity index (χ2n) is 6.98. The standard InChI is InChI=1S/C19H26N2O4S/c1-15-7-10-21(11-8-15)26(23,24)18-6-3-5-17(13-18)19(22)20-9-4-12-25-16(2)14-20/h3,5-7,13,16H,4,8-12,14H2,1-2H3/t16-/m1/s1. The van der Waals surface area contributed by atoms with E-state index in [0.29, 0.717) is 38.3 Å². The van der Waals surface area contributed by atoms with Gasteiger partial charge in [0.1, 0.15) is 0 Å². The maximum atomic E-state index is 12.9. The molecule has 1 fully saturated rings. The minimum Gasteiger partial charge on any atom is -0.377 e. The summed E-state index contributed by atoms with van der Waals surface area (Å²) in [4.78, 5) is 14.8. The van der Waals surface area contributed by atoms with Crippen molar-refractivity contribution in [2.45, 2.75) is 37.7 Å². The molecule has 0 bridgehead atoms. The summed E-state index contributed by atoms with van der Waals surface area (Å²) >= 11 is 0. The molecule has 7 heteroatoms. The van der Waals surface area contributed by atoms with Crippen LogP contribution in [0, 0.1) is 0 Å². The zero-order valence-electron chi connectivity index (χ0n) is 15.3. The molecule has 0 unspecified atom stereocenters. The van der Waals surface area contributed by atoms with E-state index in [1.165, 1.54) is 15.9 Å². The van der Waals surface area contributed by atoms with Crippen LogP contribution in [0.1, 0.15) is 37.0 Å². The Labute approximate surface area is 155 Å². The molecular formula is C19H26N2O4S. The van der Waals surface area contributed by atoms with Crippen molar-refractivity contribution in [1.29, 1.82) is 0 Å². The molecule has 1 amide bonds. The third-order valence-corrected chi connectivity index (χ3v) is 6.72. The van der Waals surface area contributed by atoms with Gasteiger partial charge in [0, 0.05) is 38.3 Å². The van der Waals surface area contributed by atoms with Gasteiger partial charge in [-0.3, -0.25) is 4.79 Å². The second-order valence-corrected chi connectivity index (χ2v) is 8.92. The molecule has 1 atom stereocenters. The largest absolute Gasteiger partial charge is 0.377 e. The maximum absolute atomic E-state index is 12.9. The average molecular weight is 378 g/mol. The molecule has 2 heterocycles. The summed E-state index contributed by atoms with van der Waals surface area (Å²) in [5.41, 5.74) is 1.61. The number of hydrogen-bond acceptors (Lipinski definition) is 4. The van der Waals surface area contributed by atoms with Crippen molar-refractivity contribution in [2.75, 3.05) is 32.8 Å². The van der Waals surface area contributed by atoms with Crippen LogP contribution in [0.15, 0.2) is 40.8 Å². The van der Waals surface area contributed by atoms with E-state index in [1.807, 2.05) is 19.9 Å². The average Bonchev–Trinajstić information content (AvgIpc) is 2.86. The van der Waals surface area contributed by atoms with Crippen molar-refractivity contribution in [3.63, 3.8) is 0 Å². The molecule has 3 rings (SSSR count). The molecule has 1 aromatic carbocycles. The highest BCUT2D eigenvalue weighted by Gasteiger charge is 2.27. The summed E-state index contributed by atoms with van der Waals surface area (Å²) in [5.74, 6) is -0.145. The van der Waals surface area contributed by atoms with Gasteiger partial charge in [0.2, 0.25) is 10.0 Å². The lowest BCUT2D eigenvalue weighted by Gasteiger charge is -2.25. The SMILES string of the molecule is CC1=CCN(S(=O)(=O)c2cccc(C(=O)N3CCCO[C@H](C)C3)c2)CC1. The highest BCUT2D eigenvalue weighted by molar-refractivity contribution is 7.89. The Morgan fingerprint density at radius 1 is 1.27 bits per heavy atom. The van der Waals surface area contributed by atoms with Gasteiger partial charge in [0.15, 0.2) is 0 Å². The minimum absolute atomic E-state index is 0.0169. The fourth-order valence-corrected chi connectivity index (χ4v) is 4.70. The molecule has 6 nitrogen and oxygen atoms in total. The summed E-state index contributed by atoms with van der Waals surface area (Å²) in [6.45, 7) is 6.59. The Morgan fingerprint density at radius 3 is 2.81 bits per heavy atom. The van der Waals surface area contributed by atoms with Crippen LogP contribution in [0.25, 0.3) is 0 Å². The van der Waals surface area contributed by atoms with Crippen LogP contribution in [-0.2, 0) is 14.8 Å². The first-order valence-electron chi connectivity index (χ1n) is 9.04. The first-order chi connectivity index (χ1) is 12.4. The summed E-state index contributed by atoms with van der Waals surface area (Å²) in [6, 6.07) is 6.38. The predicted octanol–water partition coefficient (Wildman–Crippen LogP) is 2.28. The van der Waals surface area contributed by atoms with Gasteiger partial charge < -0.3 is 9.64 Å². The van der Waals surface area contributed by atoms with Crippen molar-refractivity contribution in [3.8, 4) is 0 Å². The second kappa shape index (κ2) is 7.90. The zero-order valence-corrected chi connectivity index (χ0v) is 16.2. The fourth-order valence-electron chi connectivity index (χ4n) is 3.27. The molecule has 0 aromatic heterocycles. The predicted molar refractivity (Wildman–Crippen MR) is 99.5 cm³/mol. The van der Waals surface area contributed by atoms with Gasteiger partial charge in [0.25, 0.3) is 5.91 Å². The summed E-state index contributed by atoms with van der Waals surface area (Å²) in [5, 5.41) is 0. The Kier molecular flexibility index (Phi) is 5.79. The lowest BCUT2D eigenvalue weighted by molar-refractivity contribution is 0.0562. The molecule has 142 valence electrons. The van der Waals surface area contributed by atoms with Crippen LogP contribution in [0.2, 0.25) is 0 Å². The van der Waals surface area contributed by atoms with E-state index in [4.69, 9.17) is 4.74 Å². The monoisotopic (exact) mass is 378 g/mol. The van der Waals surface area contributed by atoms with Gasteiger partial charge in [-0.2, -0.15) is 4.31 Å². The molecule has 0 saturated carbocycles. The number of benzene rings is 1. The van der Waals surface area contributed by atoms with Crippen molar-refractivity contribution >= 4 is 15.9 Å². The fraction of sp³-hybridized carbons (Fsp3) is 0.526. The molecule has 1 aromatic rings. The summed E-state index contributed by atoms with van der Waals surface area (Å²) in [6.07, 6.45) is 3.45. The number of carbonyl (C=O) groups is 1. The molecule has 1 saturated heterocycles. The smallest absolute Gasteiger partial charge is 0.253 e.